The van der Waals surface area contributed by atoms with E-state index >= 15 is 0 Å². The summed E-state index contributed by atoms with van der Waals surface area (Å²) < 4.78 is 32.2. The number of rotatable bonds is 2. The summed E-state index contributed by atoms with van der Waals surface area (Å²) in [7, 11) is 0. The lowest BCUT2D eigenvalue weighted by atomic mass is 9.77. The Morgan fingerprint density at radius 2 is 2.07 bits per heavy atom. The van der Waals surface area contributed by atoms with Gasteiger partial charge < -0.3 is 10.5 Å². The molecule has 0 amide bonds. The van der Waals surface area contributed by atoms with Crippen LogP contribution in [-0.4, -0.2) is 24.7 Å². The first-order chi connectivity index (χ1) is 6.59. The second-order valence-electron chi connectivity index (χ2n) is 4.96. The molecule has 4 unspecified atom stereocenters. The molecule has 0 aromatic carbocycles. The molecular formula is C10H15F2NO. The minimum absolute atomic E-state index is 0.0150. The zero-order valence-corrected chi connectivity index (χ0v) is 8.01. The van der Waals surface area contributed by atoms with Crippen molar-refractivity contribution in [1.82, 2.24) is 0 Å². The van der Waals surface area contributed by atoms with Crippen molar-refractivity contribution in [3.05, 3.63) is 0 Å². The Balaban J connectivity index is 1.83. The predicted octanol–water partition coefficient (Wildman–Crippen LogP) is 1.54. The van der Waals surface area contributed by atoms with E-state index in [0.29, 0.717) is 0 Å². The van der Waals surface area contributed by atoms with Crippen LogP contribution in [0.2, 0.25) is 0 Å². The Hall–Kier alpha value is -0.220. The Kier molecular flexibility index (Phi) is 1.60. The molecule has 2 saturated heterocycles. The van der Waals surface area contributed by atoms with E-state index in [1.807, 2.05) is 0 Å². The van der Waals surface area contributed by atoms with Gasteiger partial charge in [0.25, 0.3) is 5.92 Å². The van der Waals surface area contributed by atoms with Crippen LogP contribution in [0.25, 0.3) is 0 Å². The second kappa shape index (κ2) is 2.47. The van der Waals surface area contributed by atoms with Crippen LogP contribution < -0.4 is 5.73 Å². The van der Waals surface area contributed by atoms with Crippen molar-refractivity contribution in [2.75, 3.05) is 6.54 Å². The zero-order valence-electron chi connectivity index (χ0n) is 8.01. The smallest absolute Gasteiger partial charge is 0.256 e. The molecule has 2 aliphatic heterocycles. The van der Waals surface area contributed by atoms with Gasteiger partial charge in [0.15, 0.2) is 0 Å². The molecular weight excluding hydrogens is 188 g/mol. The summed E-state index contributed by atoms with van der Waals surface area (Å²) in [5.74, 6) is -2.51. The quantitative estimate of drug-likeness (QED) is 0.738. The fourth-order valence-electron chi connectivity index (χ4n) is 3.35. The van der Waals surface area contributed by atoms with Crippen LogP contribution in [0.1, 0.15) is 25.7 Å². The highest BCUT2D eigenvalue weighted by molar-refractivity contribution is 5.17. The molecule has 14 heavy (non-hydrogen) atoms. The van der Waals surface area contributed by atoms with Gasteiger partial charge in [-0.15, -0.1) is 0 Å². The second-order valence-corrected chi connectivity index (χ2v) is 4.96. The number of fused-ring (bicyclic) bond motifs is 2. The molecule has 0 aromatic rings. The first kappa shape index (κ1) is 9.04. The van der Waals surface area contributed by atoms with Crippen LogP contribution >= 0.6 is 0 Å². The fraction of sp³-hybridized carbons (Fsp3) is 1.00. The van der Waals surface area contributed by atoms with Gasteiger partial charge in [-0.2, -0.15) is 0 Å². The molecule has 2 nitrogen and oxygen atoms in total. The highest BCUT2D eigenvalue weighted by Crippen LogP contribution is 2.68. The number of hydrogen-bond donors (Lipinski definition) is 1. The SMILES string of the molecule is NCC1(C2CC3CCC2O3)CC1(F)F. The van der Waals surface area contributed by atoms with E-state index in [2.05, 4.69) is 0 Å². The van der Waals surface area contributed by atoms with Crippen LogP contribution in [0, 0.1) is 11.3 Å². The molecule has 1 aliphatic carbocycles. The van der Waals surface area contributed by atoms with Crippen molar-refractivity contribution in [3.63, 3.8) is 0 Å². The van der Waals surface area contributed by atoms with Crippen molar-refractivity contribution in [1.29, 1.82) is 0 Å². The summed E-state index contributed by atoms with van der Waals surface area (Å²) in [4.78, 5) is 0. The lowest BCUT2D eigenvalue weighted by Gasteiger charge is -2.27. The Morgan fingerprint density at radius 3 is 2.43 bits per heavy atom. The van der Waals surface area contributed by atoms with Gasteiger partial charge in [0.1, 0.15) is 0 Å². The first-order valence-corrected chi connectivity index (χ1v) is 5.32. The van der Waals surface area contributed by atoms with Crippen LogP contribution in [-0.2, 0) is 4.74 Å². The van der Waals surface area contributed by atoms with Gasteiger partial charge >= 0.3 is 0 Å². The van der Waals surface area contributed by atoms with E-state index in [1.54, 1.807) is 0 Å². The normalized spacial score (nSPS) is 53.8. The Morgan fingerprint density at radius 1 is 1.36 bits per heavy atom. The molecule has 2 bridgehead atoms. The van der Waals surface area contributed by atoms with Crippen LogP contribution in [0.3, 0.4) is 0 Å². The molecule has 2 N–H and O–H groups in total. The minimum atomic E-state index is -2.53. The maximum absolute atomic E-state index is 13.3. The summed E-state index contributed by atoms with van der Waals surface area (Å²) in [5, 5.41) is 0. The average Bonchev–Trinajstić information content (AvgIpc) is 2.62. The van der Waals surface area contributed by atoms with Crippen molar-refractivity contribution >= 4 is 0 Å². The van der Waals surface area contributed by atoms with E-state index in [9.17, 15) is 8.78 Å². The van der Waals surface area contributed by atoms with Crippen LogP contribution in [0.5, 0.6) is 0 Å². The molecule has 3 fully saturated rings. The Labute approximate surface area is 81.8 Å². The van der Waals surface area contributed by atoms with Crippen molar-refractivity contribution in [3.8, 4) is 0 Å². The van der Waals surface area contributed by atoms with Gasteiger partial charge in [-0.1, -0.05) is 0 Å². The van der Waals surface area contributed by atoms with Crippen LogP contribution in [0.15, 0.2) is 0 Å². The third kappa shape index (κ3) is 0.910. The number of nitrogens with two attached hydrogens (primary N) is 1. The summed E-state index contributed by atoms with van der Waals surface area (Å²) in [6, 6.07) is 0. The predicted molar refractivity (Wildman–Crippen MR) is 47.1 cm³/mol. The third-order valence-corrected chi connectivity index (χ3v) is 4.32. The summed E-state index contributed by atoms with van der Waals surface area (Å²) in [6.07, 6.45) is 3.09. The molecule has 0 radical (unpaired) electrons. The van der Waals surface area contributed by atoms with E-state index in [-0.39, 0.29) is 31.1 Å². The highest BCUT2D eigenvalue weighted by Gasteiger charge is 2.75. The summed E-state index contributed by atoms with van der Waals surface area (Å²) in [5.41, 5.74) is 4.61. The third-order valence-electron chi connectivity index (χ3n) is 4.32. The van der Waals surface area contributed by atoms with E-state index in [1.165, 1.54) is 0 Å². The van der Waals surface area contributed by atoms with Gasteiger partial charge in [0.2, 0.25) is 0 Å². The lowest BCUT2D eigenvalue weighted by Crippen LogP contribution is -2.36. The van der Waals surface area contributed by atoms with Crippen LogP contribution in [0.4, 0.5) is 8.78 Å². The topological polar surface area (TPSA) is 35.2 Å². The zero-order chi connectivity index (χ0) is 9.97. The maximum Gasteiger partial charge on any atom is 0.256 e. The first-order valence-electron chi connectivity index (χ1n) is 5.32. The van der Waals surface area contributed by atoms with Gasteiger partial charge in [0, 0.05) is 18.9 Å². The average molecular weight is 203 g/mol. The van der Waals surface area contributed by atoms with Gasteiger partial charge in [-0.05, 0) is 19.3 Å². The molecule has 0 spiro atoms. The Bertz CT molecular complexity index is 271. The molecule has 1 saturated carbocycles. The number of halogens is 2. The minimum Gasteiger partial charge on any atom is -0.375 e. The number of hydrogen-bond acceptors (Lipinski definition) is 2. The van der Waals surface area contributed by atoms with E-state index in [4.69, 9.17) is 10.5 Å². The molecule has 3 rings (SSSR count). The van der Waals surface area contributed by atoms with Crippen molar-refractivity contribution in [2.24, 2.45) is 17.1 Å². The van der Waals surface area contributed by atoms with Crippen molar-refractivity contribution in [2.45, 2.75) is 43.8 Å². The fourth-order valence-corrected chi connectivity index (χ4v) is 3.35. The monoisotopic (exact) mass is 203 g/mol. The summed E-state index contributed by atoms with van der Waals surface area (Å²) >= 11 is 0. The number of alkyl halides is 2. The molecule has 80 valence electrons. The van der Waals surface area contributed by atoms with E-state index < -0.39 is 11.3 Å². The lowest BCUT2D eigenvalue weighted by molar-refractivity contribution is 0.0161. The molecule has 4 heteroatoms. The molecule has 0 aromatic heterocycles. The standard InChI is InChI=1S/C10H15F2NO/c11-10(12)4-9(10,5-13)7-3-6-1-2-8(7)14-6/h6-8H,1-5,13H2. The van der Waals surface area contributed by atoms with Gasteiger partial charge in [-0.25, -0.2) is 8.78 Å². The highest BCUT2D eigenvalue weighted by atomic mass is 19.3. The van der Waals surface area contributed by atoms with E-state index in [0.717, 1.165) is 19.3 Å². The largest absolute Gasteiger partial charge is 0.375 e. The molecule has 4 atom stereocenters. The molecule has 2 heterocycles. The summed E-state index contributed by atoms with van der Waals surface area (Å²) in [6.45, 7) is 0.108. The van der Waals surface area contributed by atoms with Crippen molar-refractivity contribution < 1.29 is 13.5 Å². The van der Waals surface area contributed by atoms with Gasteiger partial charge in [0.05, 0.1) is 17.6 Å². The van der Waals surface area contributed by atoms with Gasteiger partial charge in [-0.3, -0.25) is 0 Å². The number of ether oxygens (including phenoxy) is 1. The maximum atomic E-state index is 13.3. The molecule has 3 aliphatic rings.